The summed E-state index contributed by atoms with van der Waals surface area (Å²) in [4.78, 5) is 11.8. The van der Waals surface area contributed by atoms with Gasteiger partial charge in [-0.05, 0) is 19.4 Å². The number of hydrogen-bond donors (Lipinski definition) is 1. The Labute approximate surface area is 105 Å². The van der Waals surface area contributed by atoms with Gasteiger partial charge in [-0.1, -0.05) is 35.0 Å². The number of nitrogens with two attached hydrogens (primary N) is 1. The molecule has 18 heavy (non-hydrogen) atoms. The van der Waals surface area contributed by atoms with Crippen LogP contribution in [0.25, 0.3) is 0 Å². The largest absolute Gasteiger partial charge is 0.457 e. The van der Waals surface area contributed by atoms with Gasteiger partial charge in [-0.15, -0.1) is 0 Å². The quantitative estimate of drug-likeness (QED) is 0.840. The Bertz CT molecular complexity index is 556. The molecule has 0 aliphatic carbocycles. The molecule has 0 unspecified atom stereocenters. The van der Waals surface area contributed by atoms with Gasteiger partial charge in [0.25, 0.3) is 0 Å². The molecule has 0 bridgehead atoms. The van der Waals surface area contributed by atoms with E-state index in [-0.39, 0.29) is 18.1 Å². The van der Waals surface area contributed by atoms with Gasteiger partial charge in [0.2, 0.25) is 5.88 Å². The summed E-state index contributed by atoms with van der Waals surface area (Å²) in [7, 11) is 0. The van der Waals surface area contributed by atoms with Gasteiger partial charge >= 0.3 is 5.97 Å². The molecule has 0 atom stereocenters. The number of anilines is 1. The molecule has 0 aliphatic rings. The van der Waals surface area contributed by atoms with Crippen LogP contribution >= 0.6 is 0 Å². The van der Waals surface area contributed by atoms with Crippen molar-refractivity contribution in [2.24, 2.45) is 0 Å². The summed E-state index contributed by atoms with van der Waals surface area (Å²) in [5, 5.41) is 3.61. The molecule has 5 nitrogen and oxygen atoms in total. The lowest BCUT2D eigenvalue weighted by molar-refractivity contribution is 0.0472. The zero-order valence-electron chi connectivity index (χ0n) is 10.3. The Morgan fingerprint density at radius 1 is 1.44 bits per heavy atom. The summed E-state index contributed by atoms with van der Waals surface area (Å²) >= 11 is 0. The van der Waals surface area contributed by atoms with Crippen LogP contribution in [-0.4, -0.2) is 11.1 Å². The van der Waals surface area contributed by atoms with Crippen molar-refractivity contribution in [1.29, 1.82) is 0 Å². The Morgan fingerprint density at radius 2 is 2.22 bits per heavy atom. The highest BCUT2D eigenvalue weighted by Gasteiger charge is 2.19. The molecule has 2 N–H and O–H groups in total. The Hall–Kier alpha value is -2.30. The van der Waals surface area contributed by atoms with Crippen LogP contribution in [0.5, 0.6) is 0 Å². The maximum absolute atomic E-state index is 11.8. The minimum Gasteiger partial charge on any atom is -0.457 e. The third kappa shape index (κ3) is 2.51. The summed E-state index contributed by atoms with van der Waals surface area (Å²) in [5.74, 6) is -0.533. The highest BCUT2D eigenvalue weighted by molar-refractivity contribution is 5.94. The van der Waals surface area contributed by atoms with Crippen molar-refractivity contribution in [3.63, 3.8) is 0 Å². The van der Waals surface area contributed by atoms with Crippen molar-refractivity contribution in [3.05, 3.63) is 46.6 Å². The Balaban J connectivity index is 2.05. The lowest BCUT2D eigenvalue weighted by Crippen LogP contribution is -2.08. The molecule has 0 saturated carbocycles. The highest BCUT2D eigenvalue weighted by atomic mass is 16.5. The maximum atomic E-state index is 11.8. The van der Waals surface area contributed by atoms with Crippen LogP contribution in [0.3, 0.4) is 0 Å². The first kappa shape index (κ1) is 12.2. The number of nitrogens with zero attached hydrogens (tertiary/aromatic N) is 1. The number of nitrogen functional groups attached to an aromatic ring is 1. The van der Waals surface area contributed by atoms with Gasteiger partial charge in [-0.2, -0.15) is 0 Å². The van der Waals surface area contributed by atoms with Gasteiger partial charge in [-0.3, -0.25) is 0 Å². The molecule has 94 valence electrons. The molecule has 2 rings (SSSR count). The fraction of sp³-hybridized carbons (Fsp3) is 0.231. The van der Waals surface area contributed by atoms with Crippen molar-refractivity contribution < 1.29 is 14.1 Å². The van der Waals surface area contributed by atoms with E-state index in [1.54, 1.807) is 6.92 Å². The van der Waals surface area contributed by atoms with E-state index in [0.717, 1.165) is 11.1 Å². The van der Waals surface area contributed by atoms with E-state index in [1.807, 2.05) is 31.2 Å². The second kappa shape index (κ2) is 4.91. The number of aryl methyl sites for hydroxylation is 2. The third-order valence-electron chi connectivity index (χ3n) is 2.55. The topological polar surface area (TPSA) is 78.3 Å². The lowest BCUT2D eigenvalue weighted by atomic mass is 10.1. The van der Waals surface area contributed by atoms with Gasteiger partial charge in [0.15, 0.2) is 0 Å². The summed E-state index contributed by atoms with van der Waals surface area (Å²) in [6.45, 7) is 3.82. The zero-order valence-corrected chi connectivity index (χ0v) is 10.3. The predicted molar refractivity (Wildman–Crippen MR) is 66.0 cm³/mol. The molecule has 1 aromatic heterocycles. The van der Waals surface area contributed by atoms with Crippen LogP contribution in [0.1, 0.15) is 27.2 Å². The number of carbonyl (C=O) groups excluding carboxylic acids is 1. The number of ether oxygens (including phenoxy) is 1. The second-order valence-electron chi connectivity index (χ2n) is 4.07. The van der Waals surface area contributed by atoms with Gasteiger partial charge < -0.3 is 15.0 Å². The molecule has 0 fully saturated rings. The van der Waals surface area contributed by atoms with Crippen LogP contribution in [0, 0.1) is 13.8 Å². The third-order valence-corrected chi connectivity index (χ3v) is 2.55. The molecule has 0 aliphatic heterocycles. The molecule has 0 radical (unpaired) electrons. The van der Waals surface area contributed by atoms with Crippen molar-refractivity contribution in [2.75, 3.05) is 5.73 Å². The van der Waals surface area contributed by atoms with E-state index in [2.05, 4.69) is 5.16 Å². The molecule has 0 spiro atoms. The van der Waals surface area contributed by atoms with E-state index in [4.69, 9.17) is 15.0 Å². The first-order valence-corrected chi connectivity index (χ1v) is 5.52. The summed E-state index contributed by atoms with van der Waals surface area (Å²) < 4.78 is 9.88. The van der Waals surface area contributed by atoms with E-state index in [0.29, 0.717) is 5.69 Å². The van der Waals surface area contributed by atoms with Crippen LogP contribution in [0.2, 0.25) is 0 Å². The molecule has 0 saturated heterocycles. The van der Waals surface area contributed by atoms with Crippen LogP contribution < -0.4 is 5.73 Å². The molecular weight excluding hydrogens is 232 g/mol. The minimum atomic E-state index is -0.521. The number of aromatic nitrogens is 1. The van der Waals surface area contributed by atoms with Crippen molar-refractivity contribution in [1.82, 2.24) is 5.16 Å². The fourth-order valence-corrected chi connectivity index (χ4v) is 1.66. The average molecular weight is 246 g/mol. The van der Waals surface area contributed by atoms with E-state index >= 15 is 0 Å². The standard InChI is InChI=1S/C13H14N2O3/c1-8-4-3-5-10(6-8)7-17-13(16)11-9(2)15-18-12(11)14/h3-6H,7,14H2,1-2H3. The normalized spacial score (nSPS) is 10.3. The molecule has 5 heteroatoms. The summed E-state index contributed by atoms with van der Waals surface area (Å²) in [6.07, 6.45) is 0. The maximum Gasteiger partial charge on any atom is 0.346 e. The van der Waals surface area contributed by atoms with Crippen LogP contribution in [0.4, 0.5) is 5.88 Å². The molecule has 0 amide bonds. The van der Waals surface area contributed by atoms with E-state index in [1.165, 1.54) is 0 Å². The second-order valence-corrected chi connectivity index (χ2v) is 4.07. The summed E-state index contributed by atoms with van der Waals surface area (Å²) in [5.41, 5.74) is 8.18. The fourth-order valence-electron chi connectivity index (χ4n) is 1.66. The SMILES string of the molecule is Cc1cccc(COC(=O)c2c(C)noc2N)c1. The average Bonchev–Trinajstić information content (AvgIpc) is 2.66. The number of benzene rings is 1. The number of esters is 1. The summed E-state index contributed by atoms with van der Waals surface area (Å²) in [6, 6.07) is 7.74. The van der Waals surface area contributed by atoms with Gasteiger partial charge in [0.05, 0.1) is 5.69 Å². The number of rotatable bonds is 3. The number of carbonyl (C=O) groups is 1. The first-order chi connectivity index (χ1) is 8.58. The van der Waals surface area contributed by atoms with Gasteiger partial charge in [0, 0.05) is 0 Å². The highest BCUT2D eigenvalue weighted by Crippen LogP contribution is 2.17. The molecule has 1 heterocycles. The molecule has 1 aromatic carbocycles. The van der Waals surface area contributed by atoms with Crippen molar-refractivity contribution in [2.45, 2.75) is 20.5 Å². The van der Waals surface area contributed by atoms with Crippen molar-refractivity contribution >= 4 is 11.9 Å². The first-order valence-electron chi connectivity index (χ1n) is 5.52. The Morgan fingerprint density at radius 3 is 2.83 bits per heavy atom. The van der Waals surface area contributed by atoms with Gasteiger partial charge in [0.1, 0.15) is 12.2 Å². The lowest BCUT2D eigenvalue weighted by Gasteiger charge is -2.05. The predicted octanol–water partition coefficient (Wildman–Crippen LogP) is 2.23. The molecule has 2 aromatic rings. The van der Waals surface area contributed by atoms with Gasteiger partial charge in [-0.25, -0.2) is 4.79 Å². The van der Waals surface area contributed by atoms with Crippen molar-refractivity contribution in [3.8, 4) is 0 Å². The van der Waals surface area contributed by atoms with E-state index < -0.39 is 5.97 Å². The molecular formula is C13H14N2O3. The van der Waals surface area contributed by atoms with Crippen LogP contribution in [0.15, 0.2) is 28.8 Å². The van der Waals surface area contributed by atoms with E-state index in [9.17, 15) is 4.79 Å². The minimum absolute atomic E-state index is 0.0123. The smallest absolute Gasteiger partial charge is 0.346 e. The number of hydrogen-bond acceptors (Lipinski definition) is 5. The monoisotopic (exact) mass is 246 g/mol. The Kier molecular flexibility index (Phi) is 3.32. The zero-order chi connectivity index (χ0) is 13.1. The van der Waals surface area contributed by atoms with Crippen LogP contribution in [-0.2, 0) is 11.3 Å².